The number of morpholine rings is 1. The van der Waals surface area contributed by atoms with Crippen molar-refractivity contribution in [1.82, 2.24) is 4.90 Å². The van der Waals surface area contributed by atoms with Gasteiger partial charge in [-0.25, -0.2) is 0 Å². The average molecular weight is 372 g/mol. The van der Waals surface area contributed by atoms with E-state index in [1.807, 2.05) is 18.2 Å². The summed E-state index contributed by atoms with van der Waals surface area (Å²) in [5.74, 6) is 0.996. The summed E-state index contributed by atoms with van der Waals surface area (Å²) >= 11 is 0. The Balaban J connectivity index is 2.06. The van der Waals surface area contributed by atoms with Crippen molar-refractivity contribution in [3.8, 4) is 17.6 Å². The first kappa shape index (κ1) is 20.8. The topological polar surface area (TPSA) is 71.8 Å². The Kier molecular flexibility index (Phi) is 8.66. The lowest BCUT2D eigenvalue weighted by atomic mass is 10.1. The van der Waals surface area contributed by atoms with Crippen molar-refractivity contribution in [1.29, 1.82) is 5.26 Å². The van der Waals surface area contributed by atoms with Crippen molar-refractivity contribution in [2.24, 2.45) is 0 Å². The highest BCUT2D eigenvalue weighted by molar-refractivity contribution is 6.01. The number of methoxy groups -OCH3 is 1. The summed E-state index contributed by atoms with van der Waals surface area (Å²) in [4.78, 5) is 14.1. The Bertz CT molecular complexity index is 688. The fourth-order valence-electron chi connectivity index (χ4n) is 2.85. The van der Waals surface area contributed by atoms with Gasteiger partial charge in [0.25, 0.3) is 5.91 Å². The maximum Gasteiger partial charge on any atom is 0.264 e. The van der Waals surface area contributed by atoms with E-state index in [0.29, 0.717) is 44.4 Å². The Morgan fingerprint density at radius 3 is 2.70 bits per heavy atom. The van der Waals surface area contributed by atoms with Crippen LogP contribution in [-0.2, 0) is 9.53 Å². The third-order valence-corrected chi connectivity index (χ3v) is 4.40. The number of nitriles is 1. The van der Waals surface area contributed by atoms with E-state index in [0.717, 1.165) is 18.4 Å². The van der Waals surface area contributed by atoms with Crippen LogP contribution in [0.25, 0.3) is 6.08 Å². The van der Waals surface area contributed by atoms with Crippen molar-refractivity contribution < 1.29 is 19.0 Å². The number of carbonyl (C=O) groups excluding carboxylic acids is 1. The molecule has 0 bridgehead atoms. The van der Waals surface area contributed by atoms with Crippen LogP contribution < -0.4 is 9.47 Å². The molecule has 0 aliphatic carbocycles. The number of carbonyl (C=O) groups is 1. The van der Waals surface area contributed by atoms with Gasteiger partial charge in [-0.15, -0.1) is 0 Å². The maximum atomic E-state index is 12.5. The third-order valence-electron chi connectivity index (χ3n) is 4.40. The average Bonchev–Trinajstić information content (AvgIpc) is 2.72. The van der Waals surface area contributed by atoms with Gasteiger partial charge in [-0.2, -0.15) is 5.26 Å². The number of hydrogen-bond donors (Lipinski definition) is 0. The molecule has 1 amide bonds. The van der Waals surface area contributed by atoms with Crippen LogP contribution >= 0.6 is 0 Å². The van der Waals surface area contributed by atoms with Crippen molar-refractivity contribution in [3.05, 3.63) is 29.3 Å². The SMILES string of the molecule is CCCCCCOc1ccc(/C=C(\C#N)C(=O)N2CCOCC2)cc1OC. The molecule has 146 valence electrons. The lowest BCUT2D eigenvalue weighted by molar-refractivity contribution is -0.130. The zero-order valence-electron chi connectivity index (χ0n) is 16.2. The summed E-state index contributed by atoms with van der Waals surface area (Å²) in [6, 6.07) is 7.44. The molecule has 1 saturated heterocycles. The molecule has 0 aromatic heterocycles. The highest BCUT2D eigenvalue weighted by atomic mass is 16.5. The lowest BCUT2D eigenvalue weighted by Gasteiger charge is -2.26. The van der Waals surface area contributed by atoms with E-state index in [1.165, 1.54) is 12.8 Å². The van der Waals surface area contributed by atoms with Gasteiger partial charge in [-0.05, 0) is 30.2 Å². The molecule has 2 rings (SSSR count). The molecule has 27 heavy (non-hydrogen) atoms. The van der Waals surface area contributed by atoms with E-state index >= 15 is 0 Å². The smallest absolute Gasteiger partial charge is 0.264 e. The van der Waals surface area contributed by atoms with Crippen LogP contribution in [0, 0.1) is 11.3 Å². The van der Waals surface area contributed by atoms with Gasteiger partial charge in [-0.1, -0.05) is 32.3 Å². The molecule has 6 nitrogen and oxygen atoms in total. The van der Waals surface area contributed by atoms with Gasteiger partial charge in [0.1, 0.15) is 11.6 Å². The lowest BCUT2D eigenvalue weighted by Crippen LogP contribution is -2.41. The van der Waals surface area contributed by atoms with Crippen molar-refractivity contribution in [2.75, 3.05) is 40.0 Å². The summed E-state index contributed by atoms with van der Waals surface area (Å²) in [5, 5.41) is 9.40. The Labute approximate surface area is 161 Å². The van der Waals surface area contributed by atoms with E-state index in [1.54, 1.807) is 24.2 Å². The number of nitrogens with zero attached hydrogens (tertiary/aromatic N) is 2. The molecule has 0 N–H and O–H groups in total. The molecule has 1 heterocycles. The number of hydrogen-bond acceptors (Lipinski definition) is 5. The predicted octanol–water partition coefficient (Wildman–Crippen LogP) is 3.42. The summed E-state index contributed by atoms with van der Waals surface area (Å²) in [6.45, 7) is 4.84. The molecule has 1 aromatic carbocycles. The monoisotopic (exact) mass is 372 g/mol. The van der Waals surface area contributed by atoms with Crippen LogP contribution in [0.2, 0.25) is 0 Å². The van der Waals surface area contributed by atoms with Crippen LogP contribution in [0.4, 0.5) is 0 Å². The molecular weight excluding hydrogens is 344 g/mol. The van der Waals surface area contributed by atoms with Gasteiger partial charge in [-0.3, -0.25) is 4.79 Å². The second-order valence-corrected chi connectivity index (χ2v) is 6.39. The number of rotatable bonds is 9. The van der Waals surface area contributed by atoms with E-state index in [4.69, 9.17) is 14.2 Å². The molecule has 6 heteroatoms. The molecule has 0 spiro atoms. The van der Waals surface area contributed by atoms with Gasteiger partial charge in [0, 0.05) is 13.1 Å². The van der Waals surface area contributed by atoms with Gasteiger partial charge >= 0.3 is 0 Å². The number of benzene rings is 1. The second-order valence-electron chi connectivity index (χ2n) is 6.39. The molecule has 1 fully saturated rings. The minimum Gasteiger partial charge on any atom is -0.493 e. The van der Waals surface area contributed by atoms with Crippen molar-refractivity contribution in [3.63, 3.8) is 0 Å². The molecule has 1 aromatic rings. The van der Waals surface area contributed by atoms with Crippen LogP contribution in [0.1, 0.15) is 38.2 Å². The van der Waals surface area contributed by atoms with Gasteiger partial charge in [0.15, 0.2) is 11.5 Å². The van der Waals surface area contributed by atoms with Crippen molar-refractivity contribution in [2.45, 2.75) is 32.6 Å². The molecule has 0 radical (unpaired) electrons. The normalized spacial score (nSPS) is 14.6. The summed E-state index contributed by atoms with van der Waals surface area (Å²) in [6.07, 6.45) is 6.14. The van der Waals surface area contributed by atoms with E-state index in [9.17, 15) is 10.1 Å². The van der Waals surface area contributed by atoms with Crippen LogP contribution in [0.3, 0.4) is 0 Å². The first-order chi connectivity index (χ1) is 13.2. The standard InChI is InChI=1S/C21H28N2O4/c1-3-4-5-6-11-27-19-8-7-17(15-20(19)25-2)14-18(16-22)21(24)23-9-12-26-13-10-23/h7-8,14-15H,3-6,9-13H2,1-2H3/b18-14+. The highest BCUT2D eigenvalue weighted by Crippen LogP contribution is 2.29. The van der Waals surface area contributed by atoms with Crippen LogP contribution in [-0.4, -0.2) is 50.8 Å². The molecule has 1 aliphatic heterocycles. The Hall–Kier alpha value is -2.52. The zero-order chi connectivity index (χ0) is 19.5. The third kappa shape index (κ3) is 6.30. The summed E-state index contributed by atoms with van der Waals surface area (Å²) in [7, 11) is 1.58. The Morgan fingerprint density at radius 2 is 2.04 bits per heavy atom. The van der Waals surface area contributed by atoms with Crippen LogP contribution in [0.5, 0.6) is 11.5 Å². The first-order valence-corrected chi connectivity index (χ1v) is 9.49. The zero-order valence-corrected chi connectivity index (χ0v) is 16.2. The predicted molar refractivity (Wildman–Crippen MR) is 104 cm³/mol. The fraction of sp³-hybridized carbons (Fsp3) is 0.524. The van der Waals surface area contributed by atoms with Gasteiger partial charge in [0.2, 0.25) is 0 Å². The minimum absolute atomic E-state index is 0.104. The number of amides is 1. The van der Waals surface area contributed by atoms with Gasteiger partial charge in [0.05, 0.1) is 26.9 Å². The van der Waals surface area contributed by atoms with Crippen molar-refractivity contribution >= 4 is 12.0 Å². The maximum absolute atomic E-state index is 12.5. The molecule has 0 saturated carbocycles. The summed E-state index contributed by atoms with van der Waals surface area (Å²) in [5.41, 5.74) is 0.829. The highest BCUT2D eigenvalue weighted by Gasteiger charge is 2.20. The molecule has 0 unspecified atom stereocenters. The second kappa shape index (κ2) is 11.2. The largest absolute Gasteiger partial charge is 0.493 e. The first-order valence-electron chi connectivity index (χ1n) is 9.49. The van der Waals surface area contributed by atoms with E-state index in [-0.39, 0.29) is 11.5 Å². The van der Waals surface area contributed by atoms with E-state index < -0.39 is 0 Å². The molecule has 0 atom stereocenters. The van der Waals surface area contributed by atoms with Gasteiger partial charge < -0.3 is 19.1 Å². The molecular formula is C21H28N2O4. The molecule has 1 aliphatic rings. The minimum atomic E-state index is -0.268. The number of ether oxygens (including phenoxy) is 3. The van der Waals surface area contributed by atoms with Crippen LogP contribution in [0.15, 0.2) is 23.8 Å². The summed E-state index contributed by atoms with van der Waals surface area (Å²) < 4.78 is 16.5. The quantitative estimate of drug-likeness (QED) is 0.377. The fourth-order valence-corrected chi connectivity index (χ4v) is 2.85. The Morgan fingerprint density at radius 1 is 1.26 bits per heavy atom. The number of unbranched alkanes of at least 4 members (excludes halogenated alkanes) is 3. The van der Waals surface area contributed by atoms with E-state index in [2.05, 4.69) is 6.92 Å².